The Kier molecular flexibility index (Phi) is 7.85. The van der Waals surface area contributed by atoms with Gasteiger partial charge < -0.3 is 25.0 Å². The highest BCUT2D eigenvalue weighted by atomic mass is 16.5. The SMILES string of the molecule is CC(C)(C)C(CC(=O)C(O)Cc1ccc(O)c(O)c1)C(=O)N1CCCC1C(=O)OC1CC2CCC1(C)C2(C)C. The van der Waals surface area contributed by atoms with Crippen molar-refractivity contribution in [3.63, 3.8) is 0 Å². The van der Waals surface area contributed by atoms with E-state index in [1.165, 1.54) is 18.2 Å². The molecule has 0 spiro atoms. The molecule has 6 atom stereocenters. The van der Waals surface area contributed by atoms with Crippen LogP contribution in [0.1, 0.15) is 85.6 Å². The fourth-order valence-corrected chi connectivity index (χ4v) is 7.14. The Labute approximate surface area is 231 Å². The normalized spacial score (nSPS) is 29.3. The van der Waals surface area contributed by atoms with Crippen LogP contribution >= 0.6 is 0 Å². The molecule has 1 heterocycles. The number of benzene rings is 1. The van der Waals surface area contributed by atoms with Gasteiger partial charge in [-0.25, -0.2) is 4.79 Å². The van der Waals surface area contributed by atoms with Gasteiger partial charge in [-0.1, -0.05) is 47.6 Å². The third-order valence-corrected chi connectivity index (χ3v) is 10.4. The average molecular weight is 544 g/mol. The number of phenolic OH excluding ortho intramolecular Hbond substituents is 2. The van der Waals surface area contributed by atoms with Crippen LogP contribution in [0.25, 0.3) is 0 Å². The molecule has 3 aliphatic rings. The molecule has 6 unspecified atom stereocenters. The molecule has 4 rings (SSSR count). The van der Waals surface area contributed by atoms with Crippen LogP contribution in [0.2, 0.25) is 0 Å². The van der Waals surface area contributed by atoms with Gasteiger partial charge in [-0.15, -0.1) is 0 Å². The minimum atomic E-state index is -1.37. The molecular weight excluding hydrogens is 498 g/mol. The van der Waals surface area contributed by atoms with Crippen LogP contribution in [0.5, 0.6) is 11.5 Å². The highest BCUT2D eigenvalue weighted by Gasteiger charge is 2.63. The maximum atomic E-state index is 13.9. The number of aliphatic hydroxyl groups is 1. The largest absolute Gasteiger partial charge is 0.504 e. The number of fused-ring (bicyclic) bond motifs is 2. The second-order valence-electron chi connectivity index (χ2n) is 13.9. The van der Waals surface area contributed by atoms with Gasteiger partial charge >= 0.3 is 5.97 Å². The van der Waals surface area contributed by atoms with Gasteiger partial charge in [0, 0.05) is 30.7 Å². The number of carbonyl (C=O) groups excluding carboxylic acids is 3. The number of hydrogen-bond acceptors (Lipinski definition) is 7. The Bertz CT molecular complexity index is 1120. The number of ether oxygens (including phenoxy) is 1. The number of nitrogens with zero attached hydrogens (tertiary/aromatic N) is 1. The lowest BCUT2D eigenvalue weighted by Gasteiger charge is -2.39. The van der Waals surface area contributed by atoms with E-state index < -0.39 is 29.3 Å². The van der Waals surface area contributed by atoms with Gasteiger partial charge in [0.25, 0.3) is 0 Å². The molecule has 216 valence electrons. The number of rotatable bonds is 8. The van der Waals surface area contributed by atoms with Crippen molar-refractivity contribution < 1.29 is 34.4 Å². The summed E-state index contributed by atoms with van der Waals surface area (Å²) in [7, 11) is 0. The molecule has 2 bridgehead atoms. The molecule has 39 heavy (non-hydrogen) atoms. The zero-order valence-corrected chi connectivity index (χ0v) is 24.2. The first-order valence-electron chi connectivity index (χ1n) is 14.3. The van der Waals surface area contributed by atoms with E-state index in [1.54, 1.807) is 4.90 Å². The van der Waals surface area contributed by atoms with Crippen molar-refractivity contribution in [1.82, 2.24) is 4.90 Å². The van der Waals surface area contributed by atoms with E-state index in [-0.39, 0.29) is 53.2 Å². The minimum absolute atomic E-state index is 0.0477. The standard InChI is InChI=1S/C31H45NO7/c1-29(2,3)20(17-25(36)24(35)15-18-9-10-22(33)23(34)14-18)27(37)32-13-7-8-21(32)28(38)39-26-16-19-11-12-31(26,6)30(19,4)5/h9-10,14,19-21,24,26,33-35H,7-8,11-13,15-17H2,1-6H3. The molecule has 1 aromatic carbocycles. The van der Waals surface area contributed by atoms with E-state index in [4.69, 9.17) is 4.74 Å². The van der Waals surface area contributed by atoms with Gasteiger partial charge in [-0.2, -0.15) is 0 Å². The number of esters is 1. The second kappa shape index (κ2) is 10.4. The van der Waals surface area contributed by atoms with Crippen LogP contribution in [-0.4, -0.2) is 62.7 Å². The molecule has 0 radical (unpaired) electrons. The molecule has 0 aromatic heterocycles. The third kappa shape index (κ3) is 5.41. The van der Waals surface area contributed by atoms with E-state index in [0.717, 1.165) is 19.3 Å². The number of Topliss-reactive ketones (excluding diaryl/α,β-unsaturated/α-hetero) is 1. The van der Waals surface area contributed by atoms with Crippen LogP contribution in [0.4, 0.5) is 0 Å². The third-order valence-electron chi connectivity index (χ3n) is 10.4. The van der Waals surface area contributed by atoms with Crippen molar-refractivity contribution in [2.45, 2.75) is 105 Å². The first-order valence-corrected chi connectivity index (χ1v) is 14.3. The number of phenols is 2. The van der Waals surface area contributed by atoms with Crippen molar-refractivity contribution in [2.24, 2.45) is 28.1 Å². The van der Waals surface area contributed by atoms with Crippen LogP contribution in [-0.2, 0) is 25.5 Å². The summed E-state index contributed by atoms with van der Waals surface area (Å²) in [4.78, 5) is 42.0. The number of carbonyl (C=O) groups is 3. The molecule has 1 amide bonds. The number of aliphatic hydroxyl groups excluding tert-OH is 1. The van der Waals surface area contributed by atoms with Crippen LogP contribution in [0, 0.1) is 28.1 Å². The Hall–Kier alpha value is -2.61. The summed E-state index contributed by atoms with van der Waals surface area (Å²) in [5.41, 5.74) is -0.0428. The first kappa shape index (κ1) is 29.4. The summed E-state index contributed by atoms with van der Waals surface area (Å²) >= 11 is 0. The Morgan fingerprint density at radius 3 is 2.36 bits per heavy atom. The molecule has 3 N–H and O–H groups in total. The molecule has 8 heteroatoms. The van der Waals surface area contributed by atoms with Gasteiger partial charge in [0.15, 0.2) is 17.3 Å². The second-order valence-corrected chi connectivity index (χ2v) is 13.9. The van der Waals surface area contributed by atoms with Gasteiger partial charge in [-0.05, 0) is 66.5 Å². The number of ketones is 1. The van der Waals surface area contributed by atoms with Crippen LogP contribution in [0.3, 0.4) is 0 Å². The maximum absolute atomic E-state index is 13.9. The smallest absolute Gasteiger partial charge is 0.329 e. The Balaban J connectivity index is 1.43. The quantitative estimate of drug-likeness (QED) is 0.328. The van der Waals surface area contributed by atoms with Crippen molar-refractivity contribution >= 4 is 17.7 Å². The number of likely N-dealkylation sites (tertiary alicyclic amines) is 1. The van der Waals surface area contributed by atoms with Gasteiger partial charge in [0.05, 0.1) is 0 Å². The minimum Gasteiger partial charge on any atom is -0.504 e. The summed E-state index contributed by atoms with van der Waals surface area (Å²) in [5.74, 6) is -1.88. The molecular formula is C31H45NO7. The van der Waals surface area contributed by atoms with E-state index in [1.807, 2.05) is 20.8 Å². The lowest BCUT2D eigenvalue weighted by Crippen LogP contribution is -2.49. The monoisotopic (exact) mass is 543 g/mol. The Morgan fingerprint density at radius 1 is 1.10 bits per heavy atom. The maximum Gasteiger partial charge on any atom is 0.329 e. The van der Waals surface area contributed by atoms with Crippen LogP contribution in [0.15, 0.2) is 18.2 Å². The summed E-state index contributed by atoms with van der Waals surface area (Å²) in [6.45, 7) is 12.9. The van der Waals surface area contributed by atoms with Crippen molar-refractivity contribution in [3.05, 3.63) is 23.8 Å². The first-order chi connectivity index (χ1) is 18.1. The number of aromatic hydroxyl groups is 2. The molecule has 2 saturated carbocycles. The predicted molar refractivity (Wildman–Crippen MR) is 146 cm³/mol. The Morgan fingerprint density at radius 2 is 1.79 bits per heavy atom. The summed E-state index contributed by atoms with van der Waals surface area (Å²) in [5, 5.41) is 29.8. The predicted octanol–water partition coefficient (Wildman–Crippen LogP) is 4.37. The van der Waals surface area contributed by atoms with Gasteiger partial charge in [-0.3, -0.25) is 9.59 Å². The molecule has 8 nitrogen and oxygen atoms in total. The highest BCUT2D eigenvalue weighted by Crippen LogP contribution is 2.66. The number of hydrogen-bond donors (Lipinski definition) is 3. The number of amides is 1. The van der Waals surface area contributed by atoms with E-state index in [9.17, 15) is 29.7 Å². The zero-order chi connectivity index (χ0) is 28.9. The lowest BCUT2D eigenvalue weighted by molar-refractivity contribution is -0.166. The zero-order valence-electron chi connectivity index (χ0n) is 24.2. The van der Waals surface area contributed by atoms with Crippen molar-refractivity contribution in [1.29, 1.82) is 0 Å². The molecule has 1 saturated heterocycles. The van der Waals surface area contributed by atoms with Gasteiger partial charge in [0.2, 0.25) is 5.91 Å². The molecule has 1 aliphatic heterocycles. The summed E-state index contributed by atoms with van der Waals surface area (Å²) < 4.78 is 6.14. The molecule has 3 fully saturated rings. The average Bonchev–Trinajstić information content (AvgIpc) is 3.47. The van der Waals surface area contributed by atoms with Gasteiger partial charge in [0.1, 0.15) is 18.2 Å². The highest BCUT2D eigenvalue weighted by molar-refractivity contribution is 5.92. The fraction of sp³-hybridized carbons (Fsp3) is 0.710. The van der Waals surface area contributed by atoms with E-state index >= 15 is 0 Å². The summed E-state index contributed by atoms with van der Waals surface area (Å²) in [6, 6.07) is 3.47. The fourth-order valence-electron chi connectivity index (χ4n) is 7.14. The van der Waals surface area contributed by atoms with E-state index in [0.29, 0.717) is 30.9 Å². The van der Waals surface area contributed by atoms with Crippen LogP contribution < -0.4 is 0 Å². The van der Waals surface area contributed by atoms with E-state index in [2.05, 4.69) is 20.8 Å². The topological polar surface area (TPSA) is 124 Å². The molecule has 1 aromatic rings. The summed E-state index contributed by atoms with van der Waals surface area (Å²) in [6.07, 6.45) is 2.57. The lowest BCUT2D eigenvalue weighted by atomic mass is 9.70. The van der Waals surface area contributed by atoms with Crippen molar-refractivity contribution in [3.8, 4) is 11.5 Å². The van der Waals surface area contributed by atoms with Crippen molar-refractivity contribution in [2.75, 3.05) is 6.54 Å². The molecule has 2 aliphatic carbocycles.